The molecule has 0 atom stereocenters. The molecule has 0 bridgehead atoms. The van der Waals surface area contributed by atoms with E-state index in [1.807, 2.05) is 6.07 Å². The predicted molar refractivity (Wildman–Crippen MR) is 62.8 cm³/mol. The molecule has 1 aliphatic carbocycles. The van der Waals surface area contributed by atoms with Gasteiger partial charge in [0.25, 0.3) is 0 Å². The fourth-order valence-electron chi connectivity index (χ4n) is 2.45. The highest BCUT2D eigenvalue weighted by molar-refractivity contribution is 5.85. The lowest BCUT2D eigenvalue weighted by atomic mass is 9.90. The van der Waals surface area contributed by atoms with Gasteiger partial charge in [-0.2, -0.15) is 0 Å². The van der Waals surface area contributed by atoms with Gasteiger partial charge in [-0.3, -0.25) is 4.98 Å². The van der Waals surface area contributed by atoms with E-state index in [9.17, 15) is 0 Å². The number of pyridine rings is 1. The van der Waals surface area contributed by atoms with Crippen LogP contribution >= 0.6 is 0 Å². The highest BCUT2D eigenvalue weighted by atomic mass is 14.7. The fourth-order valence-corrected chi connectivity index (χ4v) is 2.45. The Balaban J connectivity index is 2.32. The second-order valence-electron chi connectivity index (χ2n) is 4.25. The molecule has 2 N–H and O–H groups in total. The number of nitrogen functional groups attached to an aromatic ring is 1. The van der Waals surface area contributed by atoms with Crippen molar-refractivity contribution in [2.75, 3.05) is 5.73 Å². The van der Waals surface area contributed by atoms with Crippen molar-refractivity contribution in [1.29, 1.82) is 0 Å². The molecule has 15 heavy (non-hydrogen) atoms. The van der Waals surface area contributed by atoms with Gasteiger partial charge < -0.3 is 5.73 Å². The molecular weight excluding hydrogens is 184 g/mol. The molecule has 1 aliphatic rings. The van der Waals surface area contributed by atoms with E-state index in [1.54, 1.807) is 6.20 Å². The summed E-state index contributed by atoms with van der Waals surface area (Å²) in [7, 11) is 0. The maximum Gasteiger partial charge on any atom is 0.0738 e. The number of aryl methyl sites for hydroxylation is 2. The van der Waals surface area contributed by atoms with Crippen molar-refractivity contribution in [2.24, 2.45) is 0 Å². The van der Waals surface area contributed by atoms with E-state index >= 15 is 0 Å². The number of nitrogens with zero attached hydrogens (tertiary/aromatic N) is 1. The highest BCUT2D eigenvalue weighted by Gasteiger charge is 2.12. The molecule has 0 saturated heterocycles. The third kappa shape index (κ3) is 1.37. The number of aromatic nitrogens is 1. The van der Waals surface area contributed by atoms with Gasteiger partial charge >= 0.3 is 0 Å². The lowest BCUT2D eigenvalue weighted by molar-refractivity contribution is 0.689. The summed E-state index contributed by atoms with van der Waals surface area (Å²) in [4.78, 5) is 4.47. The van der Waals surface area contributed by atoms with Gasteiger partial charge in [-0.1, -0.05) is 12.1 Å². The molecule has 2 nitrogen and oxygen atoms in total. The van der Waals surface area contributed by atoms with E-state index < -0.39 is 0 Å². The maximum absolute atomic E-state index is 5.74. The van der Waals surface area contributed by atoms with Crippen LogP contribution in [0.25, 0.3) is 10.9 Å². The normalized spacial score (nSPS) is 15.2. The minimum Gasteiger partial charge on any atom is -0.397 e. The standard InChI is InChI=1S/C13H14N2/c14-11-7-10-6-5-9-3-1-2-4-12(9)13(10)15-8-11/h5-8H,1-4,14H2. The summed E-state index contributed by atoms with van der Waals surface area (Å²) >= 11 is 0. The summed E-state index contributed by atoms with van der Waals surface area (Å²) in [6.45, 7) is 0. The molecule has 3 rings (SSSR count). The zero-order valence-electron chi connectivity index (χ0n) is 8.66. The van der Waals surface area contributed by atoms with E-state index in [-0.39, 0.29) is 0 Å². The van der Waals surface area contributed by atoms with Gasteiger partial charge in [0.15, 0.2) is 0 Å². The molecule has 0 saturated carbocycles. The molecule has 0 aliphatic heterocycles. The second-order valence-corrected chi connectivity index (χ2v) is 4.25. The van der Waals surface area contributed by atoms with Crippen molar-refractivity contribution in [3.8, 4) is 0 Å². The predicted octanol–water partition coefficient (Wildman–Crippen LogP) is 2.70. The van der Waals surface area contributed by atoms with E-state index in [0.29, 0.717) is 0 Å². The topological polar surface area (TPSA) is 38.9 Å². The van der Waals surface area contributed by atoms with Crippen molar-refractivity contribution in [3.63, 3.8) is 0 Å². The van der Waals surface area contributed by atoms with Crippen LogP contribution in [0, 0.1) is 0 Å². The molecule has 1 heterocycles. The van der Waals surface area contributed by atoms with Gasteiger partial charge in [-0.05, 0) is 42.9 Å². The number of hydrogen-bond donors (Lipinski definition) is 1. The summed E-state index contributed by atoms with van der Waals surface area (Å²) in [5.74, 6) is 0. The minimum atomic E-state index is 0.748. The molecule has 0 amide bonds. The third-order valence-electron chi connectivity index (χ3n) is 3.20. The number of hydrogen-bond acceptors (Lipinski definition) is 2. The molecule has 1 aromatic heterocycles. The van der Waals surface area contributed by atoms with Gasteiger partial charge in [0.05, 0.1) is 17.4 Å². The maximum atomic E-state index is 5.74. The zero-order valence-corrected chi connectivity index (χ0v) is 8.66. The number of rotatable bonds is 0. The number of benzene rings is 1. The first-order chi connectivity index (χ1) is 7.34. The first-order valence-electron chi connectivity index (χ1n) is 5.50. The van der Waals surface area contributed by atoms with Gasteiger partial charge in [0.2, 0.25) is 0 Å². The second kappa shape index (κ2) is 3.23. The summed E-state index contributed by atoms with van der Waals surface area (Å²) < 4.78 is 0. The van der Waals surface area contributed by atoms with Gasteiger partial charge in [0, 0.05) is 5.39 Å². The molecule has 0 fully saturated rings. The van der Waals surface area contributed by atoms with Crippen LogP contribution < -0.4 is 5.73 Å². The Hall–Kier alpha value is -1.57. The van der Waals surface area contributed by atoms with Gasteiger partial charge in [0.1, 0.15) is 0 Å². The average Bonchev–Trinajstić information content (AvgIpc) is 2.28. The summed E-state index contributed by atoms with van der Waals surface area (Å²) in [5, 5.41) is 1.18. The first-order valence-corrected chi connectivity index (χ1v) is 5.50. The molecule has 0 unspecified atom stereocenters. The van der Waals surface area contributed by atoms with Crippen LogP contribution in [0.15, 0.2) is 24.4 Å². The number of anilines is 1. The molecule has 1 aromatic carbocycles. The van der Waals surface area contributed by atoms with Crippen molar-refractivity contribution in [2.45, 2.75) is 25.7 Å². The molecule has 0 radical (unpaired) electrons. The quantitative estimate of drug-likeness (QED) is 0.706. The molecule has 2 aromatic rings. The fraction of sp³-hybridized carbons (Fsp3) is 0.308. The number of fused-ring (bicyclic) bond motifs is 3. The van der Waals surface area contributed by atoms with Crippen LogP contribution in [0.3, 0.4) is 0 Å². The Bertz CT molecular complexity index is 517. The van der Waals surface area contributed by atoms with Crippen LogP contribution in [-0.4, -0.2) is 4.98 Å². The van der Waals surface area contributed by atoms with E-state index in [4.69, 9.17) is 5.73 Å². The number of nitrogens with two attached hydrogens (primary N) is 1. The summed E-state index contributed by atoms with van der Waals surface area (Å²) in [6.07, 6.45) is 6.74. The molecular formula is C13H14N2. The lowest BCUT2D eigenvalue weighted by Gasteiger charge is -2.17. The Morgan fingerprint density at radius 1 is 1.13 bits per heavy atom. The first kappa shape index (κ1) is 8.72. The zero-order chi connectivity index (χ0) is 10.3. The molecule has 2 heteroatoms. The monoisotopic (exact) mass is 198 g/mol. The summed E-state index contributed by atoms with van der Waals surface area (Å²) in [5.41, 5.74) is 10.6. The Labute approximate surface area is 89.1 Å². The van der Waals surface area contributed by atoms with Crippen LogP contribution in [0.1, 0.15) is 24.0 Å². The van der Waals surface area contributed by atoms with Crippen LogP contribution in [-0.2, 0) is 12.8 Å². The van der Waals surface area contributed by atoms with Gasteiger partial charge in [-0.25, -0.2) is 0 Å². The highest BCUT2D eigenvalue weighted by Crippen LogP contribution is 2.28. The average molecular weight is 198 g/mol. The van der Waals surface area contributed by atoms with Crippen molar-refractivity contribution in [1.82, 2.24) is 4.98 Å². The Morgan fingerprint density at radius 3 is 2.93 bits per heavy atom. The third-order valence-corrected chi connectivity index (χ3v) is 3.20. The Kier molecular flexibility index (Phi) is 1.88. The molecule has 76 valence electrons. The molecule has 0 spiro atoms. The lowest BCUT2D eigenvalue weighted by Crippen LogP contribution is -2.04. The largest absolute Gasteiger partial charge is 0.397 e. The van der Waals surface area contributed by atoms with Crippen LogP contribution in [0.5, 0.6) is 0 Å². The van der Waals surface area contributed by atoms with Crippen LogP contribution in [0.2, 0.25) is 0 Å². The SMILES string of the molecule is Nc1cnc2c3c(ccc2c1)CCCC3. The minimum absolute atomic E-state index is 0.748. The van der Waals surface area contributed by atoms with Crippen LogP contribution in [0.4, 0.5) is 5.69 Å². The van der Waals surface area contributed by atoms with Crippen molar-refractivity contribution < 1.29 is 0 Å². The van der Waals surface area contributed by atoms with Gasteiger partial charge in [-0.15, -0.1) is 0 Å². The van der Waals surface area contributed by atoms with E-state index in [1.165, 1.54) is 42.2 Å². The smallest absolute Gasteiger partial charge is 0.0738 e. The summed E-state index contributed by atoms with van der Waals surface area (Å²) in [6, 6.07) is 6.39. The van der Waals surface area contributed by atoms with Crippen molar-refractivity contribution in [3.05, 3.63) is 35.5 Å². The van der Waals surface area contributed by atoms with E-state index in [2.05, 4.69) is 17.1 Å². The van der Waals surface area contributed by atoms with Crippen molar-refractivity contribution >= 4 is 16.6 Å². The van der Waals surface area contributed by atoms with E-state index in [0.717, 1.165) is 11.2 Å². The Morgan fingerprint density at radius 2 is 2.00 bits per heavy atom.